The smallest absolute Gasteiger partial charge is 0.0272 e. The molecule has 2 atom stereocenters. The van der Waals surface area contributed by atoms with E-state index in [0.717, 1.165) is 12.0 Å². The number of hydrogen-bond donors (Lipinski definition) is 0. The minimum atomic E-state index is 0.898. The lowest BCUT2D eigenvalue weighted by Crippen LogP contribution is -2.52. The Balaban J connectivity index is 2.00. The van der Waals surface area contributed by atoms with E-state index < -0.39 is 0 Å². The second-order valence-electron chi connectivity index (χ2n) is 3.49. The summed E-state index contributed by atoms with van der Waals surface area (Å²) < 4.78 is 0. The van der Waals surface area contributed by atoms with Gasteiger partial charge in [0.15, 0.2) is 0 Å². The quantitative estimate of drug-likeness (QED) is 0.446. The van der Waals surface area contributed by atoms with E-state index in [0.29, 0.717) is 0 Å². The first-order valence-electron chi connectivity index (χ1n) is 3.66. The predicted octanol–water partition coefficient (Wildman–Crippen LogP) is -0.138. The van der Waals surface area contributed by atoms with Crippen LogP contribution in [0.4, 0.5) is 0 Å². The molecular weight excluding hydrogens is 112 g/mol. The molecule has 0 saturated carbocycles. The van der Waals surface area contributed by atoms with Gasteiger partial charge in [-0.1, -0.05) is 0 Å². The normalized spacial score (nSPS) is 44.7. The molecule has 2 saturated heterocycles. The zero-order valence-electron chi connectivity index (χ0n) is 6.17. The van der Waals surface area contributed by atoms with Crippen LogP contribution >= 0.6 is 0 Å². The fraction of sp³-hybridized carbons (Fsp3) is 1.00. The van der Waals surface area contributed by atoms with Crippen molar-refractivity contribution in [2.45, 2.75) is 6.04 Å². The Morgan fingerprint density at radius 3 is 2.33 bits per heavy atom. The van der Waals surface area contributed by atoms with Crippen molar-refractivity contribution in [1.29, 1.82) is 0 Å². The SMILES string of the molecule is CN1C[C@H]2CN(C)[C@H]2C1. The van der Waals surface area contributed by atoms with Crippen molar-refractivity contribution in [2.24, 2.45) is 5.92 Å². The predicted molar refractivity (Wildman–Crippen MR) is 37.4 cm³/mol. The maximum atomic E-state index is 2.45. The molecule has 0 amide bonds. The van der Waals surface area contributed by atoms with Crippen LogP contribution in [0.5, 0.6) is 0 Å². The molecule has 2 nitrogen and oxygen atoms in total. The van der Waals surface area contributed by atoms with Gasteiger partial charge in [-0.3, -0.25) is 0 Å². The summed E-state index contributed by atoms with van der Waals surface area (Å²) in [6.07, 6.45) is 0. The van der Waals surface area contributed by atoms with Crippen LogP contribution < -0.4 is 0 Å². The van der Waals surface area contributed by atoms with Gasteiger partial charge in [0.2, 0.25) is 0 Å². The number of rotatable bonds is 0. The highest BCUT2D eigenvalue weighted by molar-refractivity contribution is 4.97. The lowest BCUT2D eigenvalue weighted by Gasteiger charge is -2.40. The van der Waals surface area contributed by atoms with Gasteiger partial charge in [0.1, 0.15) is 0 Å². The third kappa shape index (κ3) is 0.700. The monoisotopic (exact) mass is 126 g/mol. The van der Waals surface area contributed by atoms with Crippen molar-refractivity contribution < 1.29 is 0 Å². The third-order valence-electron chi connectivity index (χ3n) is 2.68. The molecule has 0 N–H and O–H groups in total. The highest BCUT2D eigenvalue weighted by Gasteiger charge is 2.41. The summed E-state index contributed by atoms with van der Waals surface area (Å²) in [5, 5.41) is 0. The number of likely N-dealkylation sites (tertiary alicyclic amines) is 2. The summed E-state index contributed by atoms with van der Waals surface area (Å²) in [5.41, 5.74) is 0. The molecule has 2 aliphatic heterocycles. The van der Waals surface area contributed by atoms with Crippen LogP contribution in [-0.2, 0) is 0 Å². The first-order valence-corrected chi connectivity index (χ1v) is 3.66. The minimum Gasteiger partial charge on any atom is -0.304 e. The summed E-state index contributed by atoms with van der Waals surface area (Å²) in [7, 11) is 4.44. The first kappa shape index (κ1) is 5.69. The van der Waals surface area contributed by atoms with Gasteiger partial charge in [-0.05, 0) is 14.1 Å². The van der Waals surface area contributed by atoms with Crippen LogP contribution in [0, 0.1) is 5.92 Å². The van der Waals surface area contributed by atoms with E-state index in [1.807, 2.05) is 0 Å². The molecule has 0 aliphatic carbocycles. The summed E-state index contributed by atoms with van der Waals surface area (Å²) in [4.78, 5) is 4.88. The van der Waals surface area contributed by atoms with Gasteiger partial charge >= 0.3 is 0 Å². The lowest BCUT2D eigenvalue weighted by molar-refractivity contribution is 0.0826. The standard InChI is InChI=1S/C7H14N2/c1-8-3-6-4-9(2)7(6)5-8/h6-7H,3-5H2,1-2H3/t6-,7-/m0/s1. The van der Waals surface area contributed by atoms with Gasteiger partial charge in [-0.2, -0.15) is 0 Å². The van der Waals surface area contributed by atoms with Crippen molar-refractivity contribution in [3.8, 4) is 0 Å². The Morgan fingerprint density at radius 1 is 1.11 bits per heavy atom. The van der Waals surface area contributed by atoms with Crippen LogP contribution in [0.3, 0.4) is 0 Å². The van der Waals surface area contributed by atoms with E-state index >= 15 is 0 Å². The molecule has 0 unspecified atom stereocenters. The Hall–Kier alpha value is -0.0800. The zero-order chi connectivity index (χ0) is 6.43. The average Bonchev–Trinajstić information content (AvgIpc) is 2.08. The topological polar surface area (TPSA) is 6.48 Å². The van der Waals surface area contributed by atoms with Crippen molar-refractivity contribution >= 4 is 0 Å². The fourth-order valence-electron chi connectivity index (χ4n) is 2.11. The van der Waals surface area contributed by atoms with E-state index in [1.165, 1.54) is 19.6 Å². The minimum absolute atomic E-state index is 0.898. The fourth-order valence-corrected chi connectivity index (χ4v) is 2.11. The molecule has 0 aromatic heterocycles. The van der Waals surface area contributed by atoms with Crippen LogP contribution in [0.2, 0.25) is 0 Å². The molecule has 9 heavy (non-hydrogen) atoms. The van der Waals surface area contributed by atoms with Crippen LogP contribution in [0.15, 0.2) is 0 Å². The molecule has 2 fully saturated rings. The second kappa shape index (κ2) is 1.70. The number of fused-ring (bicyclic) bond motifs is 1. The number of nitrogens with zero attached hydrogens (tertiary/aromatic N) is 2. The highest BCUT2D eigenvalue weighted by atomic mass is 15.3. The summed E-state index contributed by atoms with van der Waals surface area (Å²) >= 11 is 0. The molecule has 0 spiro atoms. The zero-order valence-corrected chi connectivity index (χ0v) is 6.17. The molecule has 0 bridgehead atoms. The lowest BCUT2D eigenvalue weighted by atomic mass is 9.93. The van der Waals surface area contributed by atoms with Crippen LogP contribution in [-0.4, -0.2) is 49.6 Å². The Morgan fingerprint density at radius 2 is 1.89 bits per heavy atom. The molecule has 2 rings (SSSR count). The van der Waals surface area contributed by atoms with Gasteiger partial charge in [-0.15, -0.1) is 0 Å². The summed E-state index contributed by atoms with van der Waals surface area (Å²) in [6, 6.07) is 0.898. The average molecular weight is 126 g/mol. The number of hydrogen-bond acceptors (Lipinski definition) is 2. The molecule has 0 aromatic rings. The van der Waals surface area contributed by atoms with Gasteiger partial charge in [0.25, 0.3) is 0 Å². The maximum Gasteiger partial charge on any atom is 0.0272 e. The first-order chi connectivity index (χ1) is 4.27. The second-order valence-corrected chi connectivity index (χ2v) is 3.49. The van der Waals surface area contributed by atoms with Crippen LogP contribution in [0.25, 0.3) is 0 Å². The van der Waals surface area contributed by atoms with E-state index in [1.54, 1.807) is 0 Å². The van der Waals surface area contributed by atoms with E-state index in [-0.39, 0.29) is 0 Å². The van der Waals surface area contributed by atoms with E-state index in [9.17, 15) is 0 Å². The summed E-state index contributed by atoms with van der Waals surface area (Å²) in [6.45, 7) is 3.95. The van der Waals surface area contributed by atoms with Gasteiger partial charge < -0.3 is 9.80 Å². The van der Waals surface area contributed by atoms with Crippen LogP contribution in [0.1, 0.15) is 0 Å². The Bertz CT molecular complexity index is 124. The molecular formula is C7H14N2. The van der Waals surface area contributed by atoms with Gasteiger partial charge in [-0.25, -0.2) is 0 Å². The molecule has 2 aliphatic rings. The highest BCUT2D eigenvalue weighted by Crippen LogP contribution is 2.29. The molecule has 52 valence electrons. The van der Waals surface area contributed by atoms with Gasteiger partial charge in [0.05, 0.1) is 0 Å². The molecule has 0 aromatic carbocycles. The van der Waals surface area contributed by atoms with E-state index in [4.69, 9.17) is 0 Å². The maximum absolute atomic E-state index is 2.45. The van der Waals surface area contributed by atoms with Crippen molar-refractivity contribution in [1.82, 2.24) is 9.80 Å². The number of likely N-dealkylation sites (N-methyl/N-ethyl adjacent to an activating group) is 2. The largest absolute Gasteiger partial charge is 0.304 e. The van der Waals surface area contributed by atoms with Crippen molar-refractivity contribution in [2.75, 3.05) is 33.7 Å². The third-order valence-corrected chi connectivity index (χ3v) is 2.68. The Kier molecular flexibility index (Phi) is 1.08. The van der Waals surface area contributed by atoms with Crippen molar-refractivity contribution in [3.63, 3.8) is 0 Å². The van der Waals surface area contributed by atoms with Crippen molar-refractivity contribution in [3.05, 3.63) is 0 Å². The molecule has 2 heteroatoms. The van der Waals surface area contributed by atoms with E-state index in [2.05, 4.69) is 23.9 Å². The summed E-state index contributed by atoms with van der Waals surface area (Å²) in [5.74, 6) is 1.000. The molecule has 0 radical (unpaired) electrons. The molecule has 2 heterocycles. The van der Waals surface area contributed by atoms with Gasteiger partial charge in [0, 0.05) is 31.6 Å². The Labute approximate surface area is 56.4 Å².